The molecule has 0 atom stereocenters. The van der Waals surface area contributed by atoms with Gasteiger partial charge in [-0.05, 0) is 18.2 Å². The minimum absolute atomic E-state index is 0.0192. The van der Waals surface area contributed by atoms with Crippen molar-refractivity contribution in [1.82, 2.24) is 9.78 Å². The molecule has 0 aliphatic rings. The summed E-state index contributed by atoms with van der Waals surface area (Å²) < 4.78 is 6.46. The van der Waals surface area contributed by atoms with Crippen molar-refractivity contribution in [3.05, 3.63) is 24.4 Å². The Bertz CT molecular complexity index is 602. The number of nitrogens with zero attached hydrogens (tertiary/aromatic N) is 2. The molecule has 2 aromatic rings. The summed E-state index contributed by atoms with van der Waals surface area (Å²) >= 11 is 0. The van der Waals surface area contributed by atoms with E-state index in [1.165, 1.54) is 10.9 Å². The van der Waals surface area contributed by atoms with E-state index in [0.717, 1.165) is 5.69 Å². The van der Waals surface area contributed by atoms with Crippen LogP contribution in [0.5, 0.6) is 5.75 Å². The molecule has 0 aliphatic heterocycles. The van der Waals surface area contributed by atoms with Crippen molar-refractivity contribution >= 4 is 22.9 Å². The molecule has 0 saturated carbocycles. The Hall–Kier alpha value is -2.65. The van der Waals surface area contributed by atoms with E-state index >= 15 is 0 Å². The molecule has 0 amide bonds. The standard InChI is InChI=1S/C9H14N2O2.C5H10N4O/c1-13-9-3-2-7(6-8(9)10)11-4-5-12;6-4-3-8-9(1-2-10)5(4)7/h2-3,6,11-12H,4-5,10H2,1H3;3,10H,1-2,6-7H2. The van der Waals surface area contributed by atoms with Crippen LogP contribution < -0.4 is 27.3 Å². The number of benzene rings is 1. The molecule has 0 spiro atoms. The Labute approximate surface area is 134 Å². The summed E-state index contributed by atoms with van der Waals surface area (Å²) in [6, 6.07) is 5.41. The van der Waals surface area contributed by atoms with Gasteiger partial charge in [-0.15, -0.1) is 0 Å². The lowest BCUT2D eigenvalue weighted by atomic mass is 10.2. The van der Waals surface area contributed by atoms with Gasteiger partial charge in [0.05, 0.1) is 44.4 Å². The Kier molecular flexibility index (Phi) is 7.51. The topological polar surface area (TPSA) is 158 Å². The molecule has 9 heteroatoms. The first-order valence-electron chi connectivity index (χ1n) is 6.99. The largest absolute Gasteiger partial charge is 0.495 e. The van der Waals surface area contributed by atoms with Crippen molar-refractivity contribution in [2.75, 3.05) is 49.4 Å². The van der Waals surface area contributed by atoms with E-state index in [9.17, 15) is 0 Å². The molecule has 9 nitrogen and oxygen atoms in total. The highest BCUT2D eigenvalue weighted by Gasteiger charge is 2.01. The van der Waals surface area contributed by atoms with E-state index in [1.807, 2.05) is 6.07 Å². The lowest BCUT2D eigenvalue weighted by Gasteiger charge is -2.08. The SMILES string of the molecule is COc1ccc(NCCO)cc1N.Nc1cnn(CCO)c1N. The molecule has 1 heterocycles. The molecule has 0 radical (unpaired) electrons. The highest BCUT2D eigenvalue weighted by atomic mass is 16.5. The number of aliphatic hydroxyl groups excluding tert-OH is 2. The van der Waals surface area contributed by atoms with Gasteiger partial charge < -0.3 is 37.5 Å². The van der Waals surface area contributed by atoms with Crippen molar-refractivity contribution in [2.45, 2.75) is 6.54 Å². The minimum Gasteiger partial charge on any atom is -0.495 e. The van der Waals surface area contributed by atoms with Crippen LogP contribution in [0.1, 0.15) is 0 Å². The number of anilines is 4. The first-order valence-corrected chi connectivity index (χ1v) is 6.99. The van der Waals surface area contributed by atoms with Gasteiger partial charge in [0.25, 0.3) is 0 Å². The van der Waals surface area contributed by atoms with Gasteiger partial charge in [0.2, 0.25) is 0 Å². The van der Waals surface area contributed by atoms with E-state index in [4.69, 9.17) is 32.2 Å². The van der Waals surface area contributed by atoms with Gasteiger partial charge in [-0.3, -0.25) is 0 Å². The average molecular weight is 324 g/mol. The maximum absolute atomic E-state index is 8.58. The van der Waals surface area contributed by atoms with Crippen LogP contribution in [0.4, 0.5) is 22.9 Å². The lowest BCUT2D eigenvalue weighted by molar-refractivity contribution is 0.270. The Morgan fingerprint density at radius 1 is 1.17 bits per heavy atom. The number of ether oxygens (including phenoxy) is 1. The number of aliphatic hydroxyl groups is 2. The second-order valence-electron chi connectivity index (χ2n) is 4.54. The van der Waals surface area contributed by atoms with Gasteiger partial charge in [-0.1, -0.05) is 0 Å². The summed E-state index contributed by atoms with van der Waals surface area (Å²) in [5.74, 6) is 1.07. The minimum atomic E-state index is 0.0192. The molecular weight excluding hydrogens is 300 g/mol. The molecule has 128 valence electrons. The number of nitrogens with one attached hydrogen (secondary N) is 1. The smallest absolute Gasteiger partial charge is 0.145 e. The molecule has 1 aromatic heterocycles. The molecule has 0 aliphatic carbocycles. The highest BCUT2D eigenvalue weighted by molar-refractivity contribution is 5.62. The number of nitrogens with two attached hydrogens (primary N) is 3. The molecule has 23 heavy (non-hydrogen) atoms. The van der Waals surface area contributed by atoms with Crippen molar-refractivity contribution in [3.8, 4) is 5.75 Å². The Balaban J connectivity index is 0.000000238. The van der Waals surface area contributed by atoms with E-state index < -0.39 is 0 Å². The van der Waals surface area contributed by atoms with Gasteiger partial charge in [-0.25, -0.2) is 4.68 Å². The maximum Gasteiger partial charge on any atom is 0.145 e. The van der Waals surface area contributed by atoms with Crippen molar-refractivity contribution in [1.29, 1.82) is 0 Å². The summed E-state index contributed by atoms with van der Waals surface area (Å²) in [7, 11) is 1.58. The van der Waals surface area contributed by atoms with Crippen LogP contribution in [0, 0.1) is 0 Å². The number of nitrogen functional groups attached to an aromatic ring is 3. The second kappa shape index (κ2) is 9.38. The molecule has 0 unspecified atom stereocenters. The number of rotatable bonds is 6. The van der Waals surface area contributed by atoms with Crippen LogP contribution in [-0.2, 0) is 6.54 Å². The van der Waals surface area contributed by atoms with Gasteiger partial charge in [-0.2, -0.15) is 5.10 Å². The van der Waals surface area contributed by atoms with Crippen LogP contribution >= 0.6 is 0 Å². The quantitative estimate of drug-likeness (QED) is 0.396. The molecule has 9 N–H and O–H groups in total. The fourth-order valence-electron chi connectivity index (χ4n) is 1.73. The number of hydrogen-bond donors (Lipinski definition) is 6. The summed E-state index contributed by atoms with van der Waals surface area (Å²) in [5, 5.41) is 23.9. The number of methoxy groups -OCH3 is 1. The van der Waals surface area contributed by atoms with Crippen LogP contribution in [0.2, 0.25) is 0 Å². The summed E-state index contributed by atoms with van der Waals surface area (Å²) in [6.07, 6.45) is 1.46. The fourth-order valence-corrected chi connectivity index (χ4v) is 1.73. The molecular formula is C14H24N6O3. The second-order valence-corrected chi connectivity index (χ2v) is 4.54. The van der Waals surface area contributed by atoms with Crippen LogP contribution in [0.25, 0.3) is 0 Å². The molecule has 1 aromatic carbocycles. The predicted molar refractivity (Wildman–Crippen MR) is 91.1 cm³/mol. The van der Waals surface area contributed by atoms with Crippen molar-refractivity contribution < 1.29 is 14.9 Å². The molecule has 0 bridgehead atoms. The normalized spacial score (nSPS) is 9.87. The molecule has 2 rings (SSSR count). The van der Waals surface area contributed by atoms with Crippen molar-refractivity contribution in [3.63, 3.8) is 0 Å². The highest BCUT2D eigenvalue weighted by Crippen LogP contribution is 2.24. The Morgan fingerprint density at radius 2 is 1.91 bits per heavy atom. The number of aromatic nitrogens is 2. The number of hydrogen-bond acceptors (Lipinski definition) is 8. The summed E-state index contributed by atoms with van der Waals surface area (Å²) in [5.41, 5.74) is 18.4. The van der Waals surface area contributed by atoms with Gasteiger partial charge in [0.1, 0.15) is 11.6 Å². The van der Waals surface area contributed by atoms with Crippen LogP contribution in [0.15, 0.2) is 24.4 Å². The molecule has 0 fully saturated rings. The first-order chi connectivity index (χ1) is 11.0. The Morgan fingerprint density at radius 3 is 2.39 bits per heavy atom. The fraction of sp³-hybridized carbons (Fsp3) is 0.357. The summed E-state index contributed by atoms with van der Waals surface area (Å²) in [6.45, 7) is 1.03. The lowest BCUT2D eigenvalue weighted by Crippen LogP contribution is -2.07. The first kappa shape index (κ1) is 18.4. The van der Waals surface area contributed by atoms with E-state index in [0.29, 0.717) is 36.0 Å². The predicted octanol–water partition coefficient (Wildman–Crippen LogP) is -0.279. The van der Waals surface area contributed by atoms with Crippen LogP contribution in [-0.4, -0.2) is 46.9 Å². The van der Waals surface area contributed by atoms with Gasteiger partial charge in [0.15, 0.2) is 0 Å². The summed E-state index contributed by atoms with van der Waals surface area (Å²) in [4.78, 5) is 0. The zero-order chi connectivity index (χ0) is 17.2. The third-order valence-corrected chi connectivity index (χ3v) is 2.89. The maximum atomic E-state index is 8.58. The third kappa shape index (κ3) is 5.57. The monoisotopic (exact) mass is 324 g/mol. The third-order valence-electron chi connectivity index (χ3n) is 2.89. The van der Waals surface area contributed by atoms with E-state index in [1.54, 1.807) is 19.2 Å². The van der Waals surface area contributed by atoms with Crippen molar-refractivity contribution in [2.24, 2.45) is 0 Å². The van der Waals surface area contributed by atoms with Gasteiger partial charge in [0, 0.05) is 12.2 Å². The van der Waals surface area contributed by atoms with Crippen LogP contribution in [0.3, 0.4) is 0 Å². The average Bonchev–Trinajstić information content (AvgIpc) is 2.86. The van der Waals surface area contributed by atoms with E-state index in [-0.39, 0.29) is 13.2 Å². The van der Waals surface area contributed by atoms with E-state index in [2.05, 4.69) is 10.4 Å². The zero-order valence-electron chi connectivity index (χ0n) is 13.1. The molecule has 0 saturated heterocycles. The van der Waals surface area contributed by atoms with Gasteiger partial charge >= 0.3 is 0 Å². The zero-order valence-corrected chi connectivity index (χ0v) is 13.1.